The summed E-state index contributed by atoms with van der Waals surface area (Å²) in [6.45, 7) is 7.58. The molecule has 1 aliphatic rings. The molecule has 0 bridgehead atoms. The van der Waals surface area contributed by atoms with Crippen LogP contribution in [0.5, 0.6) is 0 Å². The predicted molar refractivity (Wildman–Crippen MR) is 74.3 cm³/mol. The molecule has 0 radical (unpaired) electrons. The van der Waals surface area contributed by atoms with Crippen molar-refractivity contribution in [2.45, 2.75) is 32.7 Å². The molecule has 1 aliphatic heterocycles. The van der Waals surface area contributed by atoms with Crippen LogP contribution < -0.4 is 5.32 Å². The second kappa shape index (κ2) is 6.19. The van der Waals surface area contributed by atoms with E-state index in [2.05, 4.69) is 24.1 Å². The van der Waals surface area contributed by atoms with Crippen molar-refractivity contribution in [2.75, 3.05) is 25.0 Å². The maximum absolute atomic E-state index is 13.4. The minimum atomic E-state index is -0.169. The summed E-state index contributed by atoms with van der Waals surface area (Å²) in [5.74, 6) is 0.675. The maximum atomic E-state index is 13.4. The van der Waals surface area contributed by atoms with Gasteiger partial charge in [0.25, 0.3) is 0 Å². The van der Waals surface area contributed by atoms with Gasteiger partial charge in [-0.3, -0.25) is 4.90 Å². The van der Waals surface area contributed by atoms with Crippen LogP contribution in [0.4, 0.5) is 10.1 Å². The fourth-order valence-corrected chi connectivity index (χ4v) is 2.73. The summed E-state index contributed by atoms with van der Waals surface area (Å²) >= 11 is 0. The van der Waals surface area contributed by atoms with E-state index >= 15 is 0 Å². The van der Waals surface area contributed by atoms with E-state index in [0.29, 0.717) is 11.7 Å². The lowest BCUT2D eigenvalue weighted by atomic mass is 9.93. The highest BCUT2D eigenvalue weighted by Crippen LogP contribution is 2.21. The van der Waals surface area contributed by atoms with Crippen LogP contribution in [-0.4, -0.2) is 30.6 Å². The lowest BCUT2D eigenvalue weighted by Crippen LogP contribution is -2.42. The van der Waals surface area contributed by atoms with E-state index < -0.39 is 0 Å². The number of benzene rings is 1. The highest BCUT2D eigenvalue weighted by atomic mass is 19.1. The van der Waals surface area contributed by atoms with Crippen LogP contribution in [0.25, 0.3) is 0 Å². The molecule has 100 valence electrons. The summed E-state index contributed by atoms with van der Waals surface area (Å²) in [7, 11) is 0. The van der Waals surface area contributed by atoms with E-state index in [1.54, 1.807) is 12.1 Å². The Kier molecular flexibility index (Phi) is 4.59. The van der Waals surface area contributed by atoms with Gasteiger partial charge in [0, 0.05) is 19.1 Å². The van der Waals surface area contributed by atoms with Crippen molar-refractivity contribution in [2.24, 2.45) is 5.92 Å². The lowest BCUT2D eigenvalue weighted by Gasteiger charge is -2.36. The normalized spacial score (nSPS) is 25.1. The molecule has 0 aromatic heterocycles. The zero-order valence-corrected chi connectivity index (χ0v) is 11.3. The second-order valence-corrected chi connectivity index (χ2v) is 5.42. The number of nitrogens with one attached hydrogen (secondary N) is 1. The van der Waals surface area contributed by atoms with Crippen molar-refractivity contribution in [1.82, 2.24) is 4.90 Å². The number of hydrogen-bond acceptors (Lipinski definition) is 2. The molecule has 3 heteroatoms. The Morgan fingerprint density at radius 3 is 2.83 bits per heavy atom. The number of anilines is 1. The average Bonchev–Trinajstić information content (AvgIpc) is 2.34. The van der Waals surface area contributed by atoms with Gasteiger partial charge >= 0.3 is 0 Å². The second-order valence-electron chi connectivity index (χ2n) is 5.42. The minimum absolute atomic E-state index is 0.169. The van der Waals surface area contributed by atoms with Crippen LogP contribution in [0.1, 0.15) is 26.7 Å². The fraction of sp³-hybridized carbons (Fsp3) is 0.600. The third kappa shape index (κ3) is 3.45. The van der Waals surface area contributed by atoms with Crippen LogP contribution in [0.2, 0.25) is 0 Å². The molecule has 1 heterocycles. The number of rotatable bonds is 4. The standard InChI is InChI=1S/C15H23FN2/c1-12-7-9-18(13(2)11-12)10-8-17-15-6-4-3-5-14(15)16/h3-6,12-13,17H,7-11H2,1-2H3. The van der Waals surface area contributed by atoms with Crippen molar-refractivity contribution in [3.63, 3.8) is 0 Å². The van der Waals surface area contributed by atoms with Crippen molar-refractivity contribution >= 4 is 5.69 Å². The first-order chi connectivity index (χ1) is 8.66. The molecular weight excluding hydrogens is 227 g/mol. The van der Waals surface area contributed by atoms with Gasteiger partial charge in [-0.25, -0.2) is 4.39 Å². The smallest absolute Gasteiger partial charge is 0.146 e. The highest BCUT2D eigenvalue weighted by Gasteiger charge is 2.21. The average molecular weight is 250 g/mol. The van der Waals surface area contributed by atoms with Crippen LogP contribution in [0, 0.1) is 11.7 Å². The monoisotopic (exact) mass is 250 g/mol. The Hall–Kier alpha value is -1.09. The van der Waals surface area contributed by atoms with Crippen molar-refractivity contribution < 1.29 is 4.39 Å². The highest BCUT2D eigenvalue weighted by molar-refractivity contribution is 5.44. The Labute approximate surface area is 109 Å². The summed E-state index contributed by atoms with van der Waals surface area (Å²) in [4.78, 5) is 2.49. The van der Waals surface area contributed by atoms with Gasteiger partial charge in [-0.2, -0.15) is 0 Å². The van der Waals surface area contributed by atoms with Crippen molar-refractivity contribution in [3.8, 4) is 0 Å². The van der Waals surface area contributed by atoms with Gasteiger partial charge in [0.05, 0.1) is 5.69 Å². The SMILES string of the molecule is CC1CCN(CCNc2ccccc2F)C(C)C1. The number of halogens is 1. The summed E-state index contributed by atoms with van der Waals surface area (Å²) in [5, 5.41) is 3.18. The summed E-state index contributed by atoms with van der Waals surface area (Å²) in [5.41, 5.74) is 0.607. The zero-order chi connectivity index (χ0) is 13.0. The molecule has 1 saturated heterocycles. The molecule has 0 amide bonds. The number of hydrogen-bond donors (Lipinski definition) is 1. The molecule has 1 fully saturated rings. The van der Waals surface area contributed by atoms with Crippen LogP contribution in [0.3, 0.4) is 0 Å². The Bertz CT molecular complexity index is 381. The predicted octanol–water partition coefficient (Wildman–Crippen LogP) is 3.36. The lowest BCUT2D eigenvalue weighted by molar-refractivity contribution is 0.135. The van der Waals surface area contributed by atoms with Gasteiger partial charge in [-0.05, 0) is 44.4 Å². The van der Waals surface area contributed by atoms with Crippen molar-refractivity contribution in [1.29, 1.82) is 0 Å². The van der Waals surface area contributed by atoms with Gasteiger partial charge < -0.3 is 5.32 Å². The Morgan fingerprint density at radius 2 is 2.11 bits per heavy atom. The maximum Gasteiger partial charge on any atom is 0.146 e. The molecule has 2 atom stereocenters. The molecular formula is C15H23FN2. The summed E-state index contributed by atoms with van der Waals surface area (Å²) in [6.07, 6.45) is 2.56. The first kappa shape index (κ1) is 13.3. The minimum Gasteiger partial charge on any atom is -0.381 e. The number of piperidine rings is 1. The number of nitrogens with zero attached hydrogens (tertiary/aromatic N) is 1. The third-order valence-corrected chi connectivity index (χ3v) is 3.86. The van der Waals surface area contributed by atoms with Gasteiger partial charge in [-0.1, -0.05) is 19.1 Å². The zero-order valence-electron chi connectivity index (χ0n) is 11.3. The summed E-state index contributed by atoms with van der Waals surface area (Å²) in [6, 6.07) is 7.51. The molecule has 1 N–H and O–H groups in total. The largest absolute Gasteiger partial charge is 0.381 e. The van der Waals surface area contributed by atoms with E-state index in [4.69, 9.17) is 0 Å². The quantitative estimate of drug-likeness (QED) is 0.881. The molecule has 0 aliphatic carbocycles. The molecule has 18 heavy (non-hydrogen) atoms. The third-order valence-electron chi connectivity index (χ3n) is 3.86. The molecule has 1 aromatic carbocycles. The fourth-order valence-electron chi connectivity index (χ4n) is 2.73. The van der Waals surface area contributed by atoms with Gasteiger partial charge in [0.2, 0.25) is 0 Å². The molecule has 2 nitrogen and oxygen atoms in total. The van der Waals surface area contributed by atoms with Gasteiger partial charge in [0.15, 0.2) is 0 Å². The first-order valence-electron chi connectivity index (χ1n) is 6.89. The first-order valence-corrected chi connectivity index (χ1v) is 6.89. The Balaban J connectivity index is 1.77. The van der Waals surface area contributed by atoms with E-state index in [9.17, 15) is 4.39 Å². The molecule has 0 saturated carbocycles. The van der Waals surface area contributed by atoms with E-state index in [1.807, 2.05) is 6.07 Å². The van der Waals surface area contributed by atoms with Gasteiger partial charge in [0.1, 0.15) is 5.82 Å². The van der Waals surface area contributed by atoms with Crippen LogP contribution in [0.15, 0.2) is 24.3 Å². The molecule has 0 spiro atoms. The molecule has 2 rings (SSSR count). The topological polar surface area (TPSA) is 15.3 Å². The number of likely N-dealkylation sites (tertiary alicyclic amines) is 1. The van der Waals surface area contributed by atoms with Crippen molar-refractivity contribution in [3.05, 3.63) is 30.1 Å². The van der Waals surface area contributed by atoms with E-state index in [-0.39, 0.29) is 5.82 Å². The van der Waals surface area contributed by atoms with Crippen LogP contribution >= 0.6 is 0 Å². The van der Waals surface area contributed by atoms with E-state index in [1.165, 1.54) is 25.5 Å². The molecule has 2 unspecified atom stereocenters. The Morgan fingerprint density at radius 1 is 1.33 bits per heavy atom. The van der Waals surface area contributed by atoms with Gasteiger partial charge in [-0.15, -0.1) is 0 Å². The van der Waals surface area contributed by atoms with Crippen LogP contribution in [-0.2, 0) is 0 Å². The van der Waals surface area contributed by atoms with E-state index in [0.717, 1.165) is 19.0 Å². The number of para-hydroxylation sites is 1. The summed E-state index contributed by atoms with van der Waals surface area (Å²) < 4.78 is 13.4. The molecule has 1 aromatic rings.